The van der Waals surface area contributed by atoms with E-state index >= 15 is 0 Å². The molecule has 108 valence electrons. The van der Waals surface area contributed by atoms with Crippen LogP contribution in [0.1, 0.15) is 11.1 Å². The van der Waals surface area contributed by atoms with Gasteiger partial charge >= 0.3 is 0 Å². The Bertz CT molecular complexity index is 683. The zero-order chi connectivity index (χ0) is 15.2. The first-order chi connectivity index (χ1) is 10.2. The number of hydrogen-bond acceptors (Lipinski definition) is 5. The zero-order valence-electron chi connectivity index (χ0n) is 11.7. The van der Waals surface area contributed by atoms with Gasteiger partial charge in [-0.3, -0.25) is 0 Å². The highest BCUT2D eigenvalue weighted by Crippen LogP contribution is 2.33. The van der Waals surface area contributed by atoms with Crippen LogP contribution in [0.5, 0.6) is 11.5 Å². The molecule has 6 heteroatoms. The molecule has 0 radical (unpaired) electrons. The van der Waals surface area contributed by atoms with Crippen LogP contribution in [0.15, 0.2) is 34.9 Å². The molecule has 0 atom stereocenters. The number of aromatic nitrogens is 1. The highest BCUT2D eigenvalue weighted by molar-refractivity contribution is 9.10. The monoisotopic (exact) mass is 347 g/mol. The summed E-state index contributed by atoms with van der Waals surface area (Å²) in [5, 5.41) is 12.2. The van der Waals surface area contributed by atoms with Crippen LogP contribution in [0.4, 0.5) is 5.82 Å². The third-order valence-corrected chi connectivity index (χ3v) is 3.67. The number of methoxy groups -OCH3 is 2. The molecule has 1 heterocycles. The number of ether oxygens (including phenoxy) is 2. The van der Waals surface area contributed by atoms with E-state index in [-0.39, 0.29) is 0 Å². The minimum atomic E-state index is 0.507. The maximum absolute atomic E-state index is 9.04. The molecule has 0 amide bonds. The summed E-state index contributed by atoms with van der Waals surface area (Å²) in [6.45, 7) is 0.507. The molecule has 21 heavy (non-hydrogen) atoms. The molecule has 1 aromatic carbocycles. The summed E-state index contributed by atoms with van der Waals surface area (Å²) >= 11 is 3.50. The highest BCUT2D eigenvalue weighted by Gasteiger charge is 2.10. The van der Waals surface area contributed by atoms with Crippen LogP contribution in [0, 0.1) is 11.3 Å². The zero-order valence-corrected chi connectivity index (χ0v) is 13.3. The van der Waals surface area contributed by atoms with Crippen LogP contribution in [0.2, 0.25) is 0 Å². The second kappa shape index (κ2) is 6.95. The minimum Gasteiger partial charge on any atom is -0.493 e. The molecule has 1 N–H and O–H groups in total. The lowest BCUT2D eigenvalue weighted by Crippen LogP contribution is -2.04. The van der Waals surface area contributed by atoms with Gasteiger partial charge in [-0.2, -0.15) is 5.26 Å². The first-order valence-corrected chi connectivity index (χ1v) is 6.98. The van der Waals surface area contributed by atoms with Gasteiger partial charge in [-0.1, -0.05) is 15.9 Å². The number of pyridine rings is 1. The first-order valence-electron chi connectivity index (χ1n) is 6.19. The summed E-state index contributed by atoms with van der Waals surface area (Å²) in [7, 11) is 3.19. The number of nitrogens with one attached hydrogen (secondary N) is 1. The molecule has 0 bridgehead atoms. The van der Waals surface area contributed by atoms with Gasteiger partial charge < -0.3 is 14.8 Å². The van der Waals surface area contributed by atoms with Crippen molar-refractivity contribution in [3.63, 3.8) is 0 Å². The lowest BCUT2D eigenvalue weighted by molar-refractivity contribution is 0.354. The Labute approximate surface area is 131 Å². The van der Waals surface area contributed by atoms with Crippen molar-refractivity contribution in [3.05, 3.63) is 46.1 Å². The van der Waals surface area contributed by atoms with Crippen LogP contribution < -0.4 is 14.8 Å². The van der Waals surface area contributed by atoms with Gasteiger partial charge in [0.25, 0.3) is 0 Å². The van der Waals surface area contributed by atoms with Crippen molar-refractivity contribution in [2.24, 2.45) is 0 Å². The van der Waals surface area contributed by atoms with Gasteiger partial charge in [0.05, 0.1) is 19.8 Å². The number of nitriles is 1. The number of benzene rings is 1. The van der Waals surface area contributed by atoms with E-state index in [1.54, 1.807) is 32.5 Å². The summed E-state index contributed by atoms with van der Waals surface area (Å²) < 4.78 is 11.4. The quantitative estimate of drug-likeness (QED) is 0.898. The van der Waals surface area contributed by atoms with E-state index in [1.807, 2.05) is 12.1 Å². The molecular weight excluding hydrogens is 334 g/mol. The molecule has 0 unspecified atom stereocenters. The van der Waals surface area contributed by atoms with E-state index in [2.05, 4.69) is 32.3 Å². The standard InChI is InChI=1S/C15H14BrN3O2/c1-20-13-6-11(12(16)7-14(13)21-2)9-19-15-10(8-17)4-3-5-18-15/h3-7H,9H2,1-2H3,(H,18,19). The topological polar surface area (TPSA) is 67.2 Å². The van der Waals surface area contributed by atoms with E-state index in [1.165, 1.54) is 0 Å². The Morgan fingerprint density at radius 3 is 2.67 bits per heavy atom. The minimum absolute atomic E-state index is 0.507. The average molecular weight is 348 g/mol. The highest BCUT2D eigenvalue weighted by atomic mass is 79.9. The molecule has 0 fully saturated rings. The van der Waals surface area contributed by atoms with Gasteiger partial charge in [0.15, 0.2) is 11.5 Å². The molecule has 0 aliphatic rings. The molecule has 0 aliphatic heterocycles. The van der Waals surface area contributed by atoms with Crippen LogP contribution >= 0.6 is 15.9 Å². The van der Waals surface area contributed by atoms with Crippen molar-refractivity contribution < 1.29 is 9.47 Å². The molecule has 2 aromatic rings. The molecule has 0 saturated heterocycles. The van der Waals surface area contributed by atoms with Crippen molar-refractivity contribution in [2.75, 3.05) is 19.5 Å². The van der Waals surface area contributed by atoms with Crippen molar-refractivity contribution in [2.45, 2.75) is 6.54 Å². The number of nitrogens with zero attached hydrogens (tertiary/aromatic N) is 2. The van der Waals surface area contributed by atoms with E-state index in [0.717, 1.165) is 10.0 Å². The van der Waals surface area contributed by atoms with E-state index in [9.17, 15) is 0 Å². The average Bonchev–Trinajstić information content (AvgIpc) is 2.53. The van der Waals surface area contributed by atoms with E-state index < -0.39 is 0 Å². The molecule has 0 spiro atoms. The van der Waals surface area contributed by atoms with Gasteiger partial charge in [-0.15, -0.1) is 0 Å². The molecular formula is C15H14BrN3O2. The lowest BCUT2D eigenvalue weighted by Gasteiger charge is -2.13. The second-order valence-corrected chi connectivity index (χ2v) is 5.02. The normalized spacial score (nSPS) is 9.81. The predicted molar refractivity (Wildman–Crippen MR) is 83.5 cm³/mol. The van der Waals surface area contributed by atoms with Crippen molar-refractivity contribution in [1.29, 1.82) is 5.26 Å². The predicted octanol–water partition coefficient (Wildman–Crippen LogP) is 3.35. The lowest BCUT2D eigenvalue weighted by atomic mass is 10.2. The number of rotatable bonds is 5. The fraction of sp³-hybridized carbons (Fsp3) is 0.200. The number of halogens is 1. The van der Waals surface area contributed by atoms with Crippen LogP contribution in [-0.2, 0) is 6.54 Å². The van der Waals surface area contributed by atoms with Crippen LogP contribution in [0.3, 0.4) is 0 Å². The fourth-order valence-electron chi connectivity index (χ4n) is 1.85. The SMILES string of the molecule is COc1cc(Br)c(CNc2ncccc2C#N)cc1OC. The van der Waals surface area contributed by atoms with Gasteiger partial charge in [-0.25, -0.2) is 4.98 Å². The molecule has 0 aliphatic carbocycles. The van der Waals surface area contributed by atoms with Gasteiger partial charge in [-0.05, 0) is 29.8 Å². The summed E-state index contributed by atoms with van der Waals surface area (Å²) in [6.07, 6.45) is 1.65. The Hall–Kier alpha value is -2.26. The summed E-state index contributed by atoms with van der Waals surface area (Å²) in [6, 6.07) is 9.29. The molecule has 0 saturated carbocycles. The molecule has 2 rings (SSSR count). The van der Waals surface area contributed by atoms with Crippen molar-refractivity contribution in [1.82, 2.24) is 4.98 Å². The Balaban J connectivity index is 2.22. The summed E-state index contributed by atoms with van der Waals surface area (Å²) in [5.41, 5.74) is 1.48. The maximum atomic E-state index is 9.04. The maximum Gasteiger partial charge on any atom is 0.161 e. The van der Waals surface area contributed by atoms with Gasteiger partial charge in [0, 0.05) is 17.2 Å². The van der Waals surface area contributed by atoms with Crippen molar-refractivity contribution >= 4 is 21.7 Å². The number of hydrogen-bond donors (Lipinski definition) is 1. The van der Waals surface area contributed by atoms with E-state index in [4.69, 9.17) is 14.7 Å². The smallest absolute Gasteiger partial charge is 0.161 e. The van der Waals surface area contributed by atoms with Crippen LogP contribution in [-0.4, -0.2) is 19.2 Å². The number of anilines is 1. The third-order valence-electron chi connectivity index (χ3n) is 2.93. The van der Waals surface area contributed by atoms with Crippen LogP contribution in [0.25, 0.3) is 0 Å². The second-order valence-electron chi connectivity index (χ2n) is 4.16. The Kier molecular flexibility index (Phi) is 5.01. The molecule has 1 aromatic heterocycles. The van der Waals surface area contributed by atoms with Gasteiger partial charge in [0.2, 0.25) is 0 Å². The largest absolute Gasteiger partial charge is 0.493 e. The first kappa shape index (κ1) is 15.1. The summed E-state index contributed by atoms with van der Waals surface area (Å²) in [4.78, 5) is 4.17. The summed E-state index contributed by atoms with van der Waals surface area (Å²) in [5.74, 6) is 1.87. The Morgan fingerprint density at radius 1 is 1.29 bits per heavy atom. The third kappa shape index (κ3) is 3.44. The fourth-order valence-corrected chi connectivity index (χ4v) is 2.31. The van der Waals surface area contributed by atoms with E-state index in [0.29, 0.717) is 29.4 Å². The molecule has 5 nitrogen and oxygen atoms in total. The Morgan fingerprint density at radius 2 is 2.00 bits per heavy atom. The van der Waals surface area contributed by atoms with Crippen molar-refractivity contribution in [3.8, 4) is 17.6 Å². The van der Waals surface area contributed by atoms with Gasteiger partial charge in [0.1, 0.15) is 11.9 Å².